The fourth-order valence-corrected chi connectivity index (χ4v) is 2.33. The predicted molar refractivity (Wildman–Crippen MR) is 72.1 cm³/mol. The molecule has 0 aliphatic heterocycles. The number of hydrogen-bond acceptors (Lipinski definition) is 4. The summed E-state index contributed by atoms with van der Waals surface area (Å²) in [6.07, 6.45) is 1.24. The monoisotopic (exact) mass is 267 g/mol. The van der Waals surface area contributed by atoms with Crippen LogP contribution >= 0.6 is 0 Å². The molecule has 0 aliphatic rings. The van der Waals surface area contributed by atoms with Crippen molar-refractivity contribution in [1.29, 1.82) is 0 Å². The summed E-state index contributed by atoms with van der Waals surface area (Å²) in [6.45, 7) is 1.02. The highest BCUT2D eigenvalue weighted by Crippen LogP contribution is 2.13. The van der Waals surface area contributed by atoms with E-state index in [4.69, 9.17) is 0 Å². The van der Waals surface area contributed by atoms with Crippen molar-refractivity contribution in [1.82, 2.24) is 14.9 Å². The SMILES string of the molecule is Cn1c(CNCCS(C)(=O)=O)nc2ccccc21. The third-order valence-corrected chi connectivity index (χ3v) is 3.76. The standard InChI is InChI=1S/C12H17N3O2S/c1-15-11-6-4-3-5-10(11)14-12(15)9-13-7-8-18(2,16)17/h3-6,13H,7-9H2,1-2H3. The summed E-state index contributed by atoms with van der Waals surface area (Å²) in [7, 11) is -0.942. The highest BCUT2D eigenvalue weighted by molar-refractivity contribution is 7.90. The number of nitrogens with one attached hydrogen (secondary N) is 1. The van der Waals surface area contributed by atoms with Crippen LogP contribution in [0.25, 0.3) is 11.0 Å². The number of aromatic nitrogens is 2. The Labute approximate surface area is 107 Å². The Morgan fingerprint density at radius 3 is 2.72 bits per heavy atom. The Bertz CT molecular complexity index is 646. The molecule has 0 unspecified atom stereocenters. The summed E-state index contributed by atoms with van der Waals surface area (Å²) in [6, 6.07) is 7.92. The van der Waals surface area contributed by atoms with Crippen LogP contribution in [0.15, 0.2) is 24.3 Å². The maximum Gasteiger partial charge on any atom is 0.148 e. The molecule has 0 atom stereocenters. The van der Waals surface area contributed by atoms with Crippen LogP contribution in [0.5, 0.6) is 0 Å². The number of hydrogen-bond donors (Lipinski definition) is 1. The lowest BCUT2D eigenvalue weighted by Crippen LogP contribution is -2.23. The van der Waals surface area contributed by atoms with Crippen molar-refractivity contribution in [3.05, 3.63) is 30.1 Å². The second-order valence-corrected chi connectivity index (χ2v) is 6.64. The number of imidazole rings is 1. The lowest BCUT2D eigenvalue weighted by molar-refractivity contribution is 0.594. The average Bonchev–Trinajstić information content (AvgIpc) is 2.62. The molecule has 2 aromatic rings. The maximum absolute atomic E-state index is 11.0. The average molecular weight is 267 g/mol. The summed E-state index contributed by atoms with van der Waals surface area (Å²) in [5, 5.41) is 3.10. The number of fused-ring (bicyclic) bond motifs is 1. The second-order valence-electron chi connectivity index (χ2n) is 4.38. The van der Waals surface area contributed by atoms with Crippen molar-refractivity contribution >= 4 is 20.9 Å². The molecule has 1 aromatic heterocycles. The van der Waals surface area contributed by atoms with Crippen LogP contribution in [0.1, 0.15) is 5.82 Å². The summed E-state index contributed by atoms with van der Waals surface area (Å²) in [5.74, 6) is 1.06. The van der Waals surface area contributed by atoms with Gasteiger partial charge < -0.3 is 9.88 Å². The summed E-state index contributed by atoms with van der Waals surface area (Å²) in [4.78, 5) is 4.50. The van der Waals surface area contributed by atoms with Gasteiger partial charge in [-0.15, -0.1) is 0 Å². The third-order valence-electron chi connectivity index (χ3n) is 2.81. The van der Waals surface area contributed by atoms with Gasteiger partial charge in [0.25, 0.3) is 0 Å². The number of aryl methyl sites for hydroxylation is 1. The first-order chi connectivity index (χ1) is 8.47. The summed E-state index contributed by atoms with van der Waals surface area (Å²) >= 11 is 0. The summed E-state index contributed by atoms with van der Waals surface area (Å²) < 4.78 is 24.0. The molecule has 0 spiro atoms. The van der Waals surface area contributed by atoms with Crippen LogP contribution in [-0.4, -0.2) is 36.5 Å². The van der Waals surface area contributed by atoms with Gasteiger partial charge >= 0.3 is 0 Å². The zero-order valence-electron chi connectivity index (χ0n) is 10.5. The van der Waals surface area contributed by atoms with E-state index in [0.29, 0.717) is 13.1 Å². The van der Waals surface area contributed by atoms with E-state index in [0.717, 1.165) is 16.9 Å². The van der Waals surface area contributed by atoms with Gasteiger partial charge in [0, 0.05) is 19.8 Å². The van der Waals surface area contributed by atoms with Gasteiger partial charge in [0.1, 0.15) is 15.7 Å². The summed E-state index contributed by atoms with van der Waals surface area (Å²) in [5.41, 5.74) is 2.04. The number of nitrogens with zero attached hydrogens (tertiary/aromatic N) is 2. The van der Waals surface area contributed by atoms with Gasteiger partial charge in [0.2, 0.25) is 0 Å². The molecule has 0 fully saturated rings. The fourth-order valence-electron chi connectivity index (χ4n) is 1.81. The van der Waals surface area contributed by atoms with Crippen LogP contribution in [0.2, 0.25) is 0 Å². The first-order valence-corrected chi connectivity index (χ1v) is 7.82. The molecule has 18 heavy (non-hydrogen) atoms. The van der Waals surface area contributed by atoms with Gasteiger partial charge in [-0.05, 0) is 12.1 Å². The molecule has 1 aromatic carbocycles. The Morgan fingerprint density at radius 1 is 1.33 bits per heavy atom. The zero-order valence-corrected chi connectivity index (χ0v) is 11.4. The Morgan fingerprint density at radius 2 is 2.06 bits per heavy atom. The van der Waals surface area contributed by atoms with Gasteiger partial charge in [-0.3, -0.25) is 0 Å². The second kappa shape index (κ2) is 5.07. The molecule has 0 radical (unpaired) electrons. The molecule has 5 nitrogen and oxygen atoms in total. The number of rotatable bonds is 5. The van der Waals surface area contributed by atoms with E-state index < -0.39 is 9.84 Å². The van der Waals surface area contributed by atoms with E-state index >= 15 is 0 Å². The minimum absolute atomic E-state index is 0.150. The number of benzene rings is 1. The van der Waals surface area contributed by atoms with E-state index in [2.05, 4.69) is 10.3 Å². The van der Waals surface area contributed by atoms with E-state index in [1.807, 2.05) is 35.9 Å². The van der Waals surface area contributed by atoms with Crippen LogP contribution in [0.3, 0.4) is 0 Å². The molecule has 1 heterocycles. The predicted octanol–water partition coefficient (Wildman–Crippen LogP) is 0.708. The van der Waals surface area contributed by atoms with Gasteiger partial charge in [-0.2, -0.15) is 0 Å². The maximum atomic E-state index is 11.0. The zero-order chi connectivity index (χ0) is 13.2. The van der Waals surface area contributed by atoms with Crippen molar-refractivity contribution in [3.8, 4) is 0 Å². The van der Waals surface area contributed by atoms with Crippen molar-refractivity contribution in [3.63, 3.8) is 0 Å². The fraction of sp³-hybridized carbons (Fsp3) is 0.417. The van der Waals surface area contributed by atoms with E-state index in [-0.39, 0.29) is 5.75 Å². The van der Waals surface area contributed by atoms with Crippen LogP contribution in [-0.2, 0) is 23.4 Å². The molecule has 0 aliphatic carbocycles. The smallest absolute Gasteiger partial charge is 0.148 e. The molecule has 0 amide bonds. The van der Waals surface area contributed by atoms with Gasteiger partial charge in [0.15, 0.2) is 0 Å². The molecule has 98 valence electrons. The Hall–Kier alpha value is -1.40. The van der Waals surface area contributed by atoms with Crippen molar-refractivity contribution in [2.75, 3.05) is 18.6 Å². The Kier molecular flexibility index (Phi) is 3.68. The van der Waals surface area contributed by atoms with Crippen molar-refractivity contribution < 1.29 is 8.42 Å². The minimum Gasteiger partial charge on any atom is -0.330 e. The quantitative estimate of drug-likeness (QED) is 0.810. The van der Waals surface area contributed by atoms with E-state index in [9.17, 15) is 8.42 Å². The highest BCUT2D eigenvalue weighted by Gasteiger charge is 2.07. The number of sulfone groups is 1. The lowest BCUT2D eigenvalue weighted by Gasteiger charge is -2.04. The van der Waals surface area contributed by atoms with Gasteiger partial charge in [0.05, 0.1) is 23.3 Å². The lowest BCUT2D eigenvalue weighted by atomic mass is 10.3. The molecule has 0 saturated carbocycles. The largest absolute Gasteiger partial charge is 0.330 e. The third kappa shape index (κ3) is 3.08. The number of para-hydroxylation sites is 2. The normalized spacial score (nSPS) is 12.1. The van der Waals surface area contributed by atoms with Crippen molar-refractivity contribution in [2.45, 2.75) is 6.54 Å². The van der Waals surface area contributed by atoms with Crippen molar-refractivity contribution in [2.24, 2.45) is 7.05 Å². The first kappa shape index (κ1) is 13.0. The molecule has 6 heteroatoms. The van der Waals surface area contributed by atoms with Crippen LogP contribution < -0.4 is 5.32 Å². The van der Waals surface area contributed by atoms with Crippen LogP contribution in [0.4, 0.5) is 0 Å². The van der Waals surface area contributed by atoms with Gasteiger partial charge in [-0.25, -0.2) is 13.4 Å². The van der Waals surface area contributed by atoms with Gasteiger partial charge in [-0.1, -0.05) is 12.1 Å². The molecular weight excluding hydrogens is 250 g/mol. The van der Waals surface area contributed by atoms with Crippen LogP contribution in [0, 0.1) is 0 Å². The molecule has 2 rings (SSSR count). The highest BCUT2D eigenvalue weighted by atomic mass is 32.2. The molecule has 0 saturated heterocycles. The van der Waals surface area contributed by atoms with E-state index in [1.165, 1.54) is 6.26 Å². The molecule has 1 N–H and O–H groups in total. The Balaban J connectivity index is 2.02. The first-order valence-electron chi connectivity index (χ1n) is 5.76. The van der Waals surface area contributed by atoms with E-state index in [1.54, 1.807) is 0 Å². The molecule has 0 bridgehead atoms. The topological polar surface area (TPSA) is 64.0 Å². The molecular formula is C12H17N3O2S. The minimum atomic E-state index is -2.90.